The van der Waals surface area contributed by atoms with Crippen LogP contribution in [0.15, 0.2) is 42.6 Å². The van der Waals surface area contributed by atoms with E-state index in [0.29, 0.717) is 11.4 Å². The quantitative estimate of drug-likeness (QED) is 0.582. The minimum absolute atomic E-state index is 0.0796. The van der Waals surface area contributed by atoms with Crippen LogP contribution in [-0.2, 0) is 13.0 Å². The first kappa shape index (κ1) is 19.8. The summed E-state index contributed by atoms with van der Waals surface area (Å²) in [6.45, 7) is 2.82. The highest BCUT2D eigenvalue weighted by Gasteiger charge is 2.24. The number of pyridine rings is 1. The molecule has 0 bridgehead atoms. The highest BCUT2D eigenvalue weighted by molar-refractivity contribution is 5.93. The van der Waals surface area contributed by atoms with Gasteiger partial charge >= 0.3 is 0 Å². The van der Waals surface area contributed by atoms with Crippen LogP contribution in [0.1, 0.15) is 34.3 Å². The maximum absolute atomic E-state index is 12.4. The number of aliphatic hydroxyl groups is 1. The van der Waals surface area contributed by atoms with Gasteiger partial charge in [0.2, 0.25) is 5.88 Å². The van der Waals surface area contributed by atoms with Gasteiger partial charge < -0.3 is 25.8 Å². The predicted molar refractivity (Wildman–Crippen MR) is 110 cm³/mol. The number of ether oxygens (including phenoxy) is 1. The third-order valence-electron chi connectivity index (χ3n) is 5.62. The van der Waals surface area contributed by atoms with Crippen LogP contribution in [-0.4, -0.2) is 53.9 Å². The standard InChI is InChI=1S/C22H28N4O3/c27-20(19-11-15-3-1-2-4-16(15)12-24-19)14-26-22(28)17-5-6-21(25-13-17)29-18-7-9-23-10-8-18/h1-6,13,18-20,23-24,27H,7-12,14H2,(H,26,28)/t19-,20+/m0/s1. The Labute approximate surface area is 170 Å². The number of aromatic nitrogens is 1. The van der Waals surface area contributed by atoms with E-state index in [1.165, 1.54) is 17.3 Å². The van der Waals surface area contributed by atoms with Gasteiger partial charge in [0.25, 0.3) is 5.91 Å². The van der Waals surface area contributed by atoms with Crippen molar-refractivity contribution >= 4 is 5.91 Å². The maximum atomic E-state index is 12.4. The summed E-state index contributed by atoms with van der Waals surface area (Å²) < 4.78 is 5.87. The SMILES string of the molecule is O=C(NC[C@@H](O)[C@@H]1Cc2ccccc2CN1)c1ccc(OC2CCNCC2)nc1. The van der Waals surface area contributed by atoms with Gasteiger partial charge in [-0.05, 0) is 49.5 Å². The second-order valence-electron chi connectivity index (χ2n) is 7.69. The maximum Gasteiger partial charge on any atom is 0.252 e. The van der Waals surface area contributed by atoms with Crippen molar-refractivity contribution in [3.05, 3.63) is 59.3 Å². The molecular formula is C22H28N4O3. The number of benzene rings is 1. The molecule has 2 aliphatic rings. The number of aliphatic hydroxyl groups excluding tert-OH is 1. The fourth-order valence-corrected chi connectivity index (χ4v) is 3.86. The fourth-order valence-electron chi connectivity index (χ4n) is 3.86. The summed E-state index contributed by atoms with van der Waals surface area (Å²) in [6, 6.07) is 11.6. The zero-order valence-corrected chi connectivity index (χ0v) is 16.4. The van der Waals surface area contributed by atoms with E-state index in [9.17, 15) is 9.90 Å². The van der Waals surface area contributed by atoms with Crippen LogP contribution in [0.3, 0.4) is 0 Å². The van der Waals surface area contributed by atoms with E-state index >= 15 is 0 Å². The molecule has 7 nitrogen and oxygen atoms in total. The Balaban J connectivity index is 1.26. The number of fused-ring (bicyclic) bond motifs is 1. The van der Waals surface area contributed by atoms with Gasteiger partial charge in [-0.1, -0.05) is 24.3 Å². The van der Waals surface area contributed by atoms with Crippen molar-refractivity contribution < 1.29 is 14.6 Å². The zero-order valence-electron chi connectivity index (χ0n) is 16.4. The van der Waals surface area contributed by atoms with Crippen LogP contribution in [0, 0.1) is 0 Å². The molecule has 29 heavy (non-hydrogen) atoms. The number of rotatable bonds is 6. The van der Waals surface area contributed by atoms with Gasteiger partial charge in [0.15, 0.2) is 0 Å². The molecule has 1 aromatic heterocycles. The number of nitrogens with one attached hydrogen (secondary N) is 3. The predicted octanol–water partition coefficient (Wildman–Crippen LogP) is 1.02. The van der Waals surface area contributed by atoms with Gasteiger partial charge in [0, 0.05) is 31.4 Å². The summed E-state index contributed by atoms with van der Waals surface area (Å²) in [4.78, 5) is 16.7. The Morgan fingerprint density at radius 3 is 2.76 bits per heavy atom. The average molecular weight is 396 g/mol. The van der Waals surface area contributed by atoms with E-state index in [4.69, 9.17) is 4.74 Å². The summed E-state index contributed by atoms with van der Waals surface area (Å²) >= 11 is 0. The van der Waals surface area contributed by atoms with E-state index in [-0.39, 0.29) is 24.6 Å². The Morgan fingerprint density at radius 1 is 1.21 bits per heavy atom. The summed E-state index contributed by atoms with van der Waals surface area (Å²) in [5.74, 6) is 0.291. The number of carbonyl (C=O) groups is 1. The van der Waals surface area contributed by atoms with Gasteiger partial charge in [-0.15, -0.1) is 0 Å². The average Bonchev–Trinajstić information content (AvgIpc) is 2.78. The summed E-state index contributed by atoms with van der Waals surface area (Å²) in [6.07, 6.45) is 3.70. The topological polar surface area (TPSA) is 95.5 Å². The molecule has 7 heteroatoms. The molecule has 3 heterocycles. The van der Waals surface area contributed by atoms with Crippen LogP contribution < -0.4 is 20.7 Å². The third-order valence-corrected chi connectivity index (χ3v) is 5.62. The second-order valence-corrected chi connectivity index (χ2v) is 7.69. The molecule has 154 valence electrons. The molecule has 1 saturated heterocycles. The smallest absolute Gasteiger partial charge is 0.252 e. The lowest BCUT2D eigenvalue weighted by Crippen LogP contribution is -2.49. The molecule has 1 aromatic carbocycles. The van der Waals surface area contributed by atoms with Crippen molar-refractivity contribution in [1.29, 1.82) is 0 Å². The Hall–Kier alpha value is -2.48. The van der Waals surface area contributed by atoms with Crippen molar-refractivity contribution in [1.82, 2.24) is 20.9 Å². The van der Waals surface area contributed by atoms with Crippen molar-refractivity contribution in [3.63, 3.8) is 0 Å². The van der Waals surface area contributed by atoms with Crippen LogP contribution in [0.5, 0.6) is 5.88 Å². The number of amides is 1. The Morgan fingerprint density at radius 2 is 2.00 bits per heavy atom. The lowest BCUT2D eigenvalue weighted by Gasteiger charge is -2.30. The second kappa shape index (κ2) is 9.35. The normalized spacial score (nSPS) is 20.5. The summed E-state index contributed by atoms with van der Waals surface area (Å²) in [5.41, 5.74) is 2.96. The Kier molecular flexibility index (Phi) is 6.39. The van der Waals surface area contributed by atoms with Crippen molar-refractivity contribution in [2.45, 2.75) is 44.1 Å². The first-order valence-electron chi connectivity index (χ1n) is 10.3. The molecule has 2 aliphatic heterocycles. The number of hydrogen-bond donors (Lipinski definition) is 4. The molecule has 0 unspecified atom stereocenters. The molecule has 4 rings (SSSR count). The molecule has 2 atom stereocenters. The van der Waals surface area contributed by atoms with E-state index in [0.717, 1.165) is 38.9 Å². The molecule has 1 amide bonds. The first-order chi connectivity index (χ1) is 14.2. The lowest BCUT2D eigenvalue weighted by molar-refractivity contribution is 0.0869. The highest BCUT2D eigenvalue weighted by Crippen LogP contribution is 2.18. The van der Waals surface area contributed by atoms with Crippen LogP contribution in [0.4, 0.5) is 0 Å². The zero-order chi connectivity index (χ0) is 20.1. The molecule has 0 spiro atoms. The molecule has 4 N–H and O–H groups in total. The number of hydrogen-bond acceptors (Lipinski definition) is 6. The highest BCUT2D eigenvalue weighted by atomic mass is 16.5. The molecule has 2 aromatic rings. The Bertz CT molecular complexity index is 821. The molecule has 1 fully saturated rings. The summed E-state index contributed by atoms with van der Waals surface area (Å²) in [5, 5.41) is 20.0. The number of carbonyl (C=O) groups excluding carboxylic acids is 1. The van der Waals surface area contributed by atoms with E-state index in [2.05, 4.69) is 33.1 Å². The van der Waals surface area contributed by atoms with Gasteiger partial charge in [-0.3, -0.25) is 4.79 Å². The third kappa shape index (κ3) is 5.12. The number of piperidine rings is 1. The van der Waals surface area contributed by atoms with Crippen LogP contribution in [0.2, 0.25) is 0 Å². The minimum atomic E-state index is -0.664. The van der Waals surface area contributed by atoms with E-state index in [1.807, 2.05) is 12.1 Å². The van der Waals surface area contributed by atoms with Gasteiger partial charge in [0.05, 0.1) is 11.7 Å². The van der Waals surface area contributed by atoms with E-state index < -0.39 is 6.10 Å². The van der Waals surface area contributed by atoms with E-state index in [1.54, 1.807) is 12.1 Å². The monoisotopic (exact) mass is 396 g/mol. The lowest BCUT2D eigenvalue weighted by atomic mass is 9.93. The van der Waals surface area contributed by atoms with Gasteiger partial charge in [0.1, 0.15) is 6.10 Å². The molecule has 0 radical (unpaired) electrons. The fraction of sp³-hybridized carbons (Fsp3) is 0.455. The molecule has 0 saturated carbocycles. The van der Waals surface area contributed by atoms with Crippen molar-refractivity contribution in [2.24, 2.45) is 0 Å². The summed E-state index contributed by atoms with van der Waals surface area (Å²) in [7, 11) is 0. The van der Waals surface area contributed by atoms with Crippen LogP contribution in [0.25, 0.3) is 0 Å². The van der Waals surface area contributed by atoms with Crippen molar-refractivity contribution in [2.75, 3.05) is 19.6 Å². The van der Waals surface area contributed by atoms with Gasteiger partial charge in [-0.2, -0.15) is 0 Å². The molecule has 0 aliphatic carbocycles. The number of nitrogens with zero attached hydrogens (tertiary/aromatic N) is 1. The van der Waals surface area contributed by atoms with Crippen molar-refractivity contribution in [3.8, 4) is 5.88 Å². The first-order valence-corrected chi connectivity index (χ1v) is 10.3. The largest absolute Gasteiger partial charge is 0.474 e. The molecular weight excluding hydrogens is 368 g/mol. The van der Waals surface area contributed by atoms with Crippen LogP contribution >= 0.6 is 0 Å². The van der Waals surface area contributed by atoms with Gasteiger partial charge in [-0.25, -0.2) is 4.98 Å². The minimum Gasteiger partial charge on any atom is -0.474 e.